The van der Waals surface area contributed by atoms with Crippen molar-refractivity contribution in [2.24, 2.45) is 0 Å². The predicted octanol–water partition coefficient (Wildman–Crippen LogP) is 2.01. The number of ether oxygens (including phenoxy) is 1. The monoisotopic (exact) mass is 296 g/mol. The molecule has 1 aromatic rings. The first-order valence-corrected chi connectivity index (χ1v) is 7.47. The Bertz CT molecular complexity index is 428. The first kappa shape index (κ1) is 15.1. The standard InChI is InChI=1S/C15H21ClN2O2/c1-18-8-6-14(7-9-18)20-13-4-2-12(3-5-13)11-17-15(19)10-16/h2-5,14H,6-11H2,1H3,(H,17,19). The lowest BCUT2D eigenvalue weighted by Crippen LogP contribution is -2.35. The fourth-order valence-electron chi connectivity index (χ4n) is 2.23. The summed E-state index contributed by atoms with van der Waals surface area (Å²) in [5.74, 6) is 0.738. The van der Waals surface area contributed by atoms with Crippen LogP contribution in [0.1, 0.15) is 18.4 Å². The Morgan fingerprint density at radius 2 is 2.00 bits per heavy atom. The second-order valence-corrected chi connectivity index (χ2v) is 5.44. The van der Waals surface area contributed by atoms with Gasteiger partial charge in [0.05, 0.1) is 0 Å². The van der Waals surface area contributed by atoms with Crippen molar-refractivity contribution in [1.29, 1.82) is 0 Å². The Hall–Kier alpha value is -1.26. The number of likely N-dealkylation sites (tertiary alicyclic amines) is 1. The number of amides is 1. The minimum Gasteiger partial charge on any atom is -0.490 e. The van der Waals surface area contributed by atoms with Crippen LogP contribution in [0.25, 0.3) is 0 Å². The molecule has 0 saturated carbocycles. The summed E-state index contributed by atoms with van der Waals surface area (Å²) in [5, 5.41) is 2.74. The summed E-state index contributed by atoms with van der Waals surface area (Å²) >= 11 is 5.43. The van der Waals surface area contributed by atoms with Crippen molar-refractivity contribution >= 4 is 17.5 Å². The van der Waals surface area contributed by atoms with E-state index in [1.165, 1.54) is 0 Å². The van der Waals surface area contributed by atoms with Gasteiger partial charge in [-0.3, -0.25) is 4.79 Å². The van der Waals surface area contributed by atoms with Crippen LogP contribution in [0.3, 0.4) is 0 Å². The van der Waals surface area contributed by atoms with Gasteiger partial charge in [0.2, 0.25) is 5.91 Å². The van der Waals surface area contributed by atoms with E-state index in [2.05, 4.69) is 17.3 Å². The quantitative estimate of drug-likeness (QED) is 0.845. The number of carbonyl (C=O) groups is 1. The fourth-order valence-corrected chi connectivity index (χ4v) is 2.32. The van der Waals surface area contributed by atoms with Gasteiger partial charge in [-0.15, -0.1) is 11.6 Å². The topological polar surface area (TPSA) is 41.6 Å². The highest BCUT2D eigenvalue weighted by atomic mass is 35.5. The Kier molecular flexibility index (Phi) is 5.68. The highest BCUT2D eigenvalue weighted by Crippen LogP contribution is 2.19. The molecule has 1 aromatic carbocycles. The van der Waals surface area contributed by atoms with Gasteiger partial charge in [0, 0.05) is 19.6 Å². The lowest BCUT2D eigenvalue weighted by molar-refractivity contribution is -0.118. The highest BCUT2D eigenvalue weighted by Gasteiger charge is 2.17. The van der Waals surface area contributed by atoms with Gasteiger partial charge in [-0.05, 0) is 37.6 Å². The molecule has 20 heavy (non-hydrogen) atoms. The molecule has 110 valence electrons. The van der Waals surface area contributed by atoms with Gasteiger partial charge in [0.1, 0.15) is 17.7 Å². The number of hydrogen-bond acceptors (Lipinski definition) is 3. The number of halogens is 1. The number of carbonyl (C=O) groups excluding carboxylic acids is 1. The Labute approximate surface area is 125 Å². The van der Waals surface area contributed by atoms with E-state index in [9.17, 15) is 4.79 Å². The molecule has 5 heteroatoms. The van der Waals surface area contributed by atoms with E-state index in [-0.39, 0.29) is 11.8 Å². The Morgan fingerprint density at radius 3 is 2.60 bits per heavy atom. The third kappa shape index (κ3) is 4.69. The molecular weight excluding hydrogens is 276 g/mol. The van der Waals surface area contributed by atoms with E-state index >= 15 is 0 Å². The molecule has 0 aromatic heterocycles. The lowest BCUT2D eigenvalue weighted by Gasteiger charge is -2.29. The third-order valence-corrected chi connectivity index (χ3v) is 3.75. The van der Waals surface area contributed by atoms with Gasteiger partial charge < -0.3 is 15.0 Å². The van der Waals surface area contributed by atoms with Crippen molar-refractivity contribution in [3.8, 4) is 5.75 Å². The van der Waals surface area contributed by atoms with Crippen LogP contribution >= 0.6 is 11.6 Å². The van der Waals surface area contributed by atoms with E-state index in [4.69, 9.17) is 16.3 Å². The Morgan fingerprint density at radius 1 is 1.35 bits per heavy atom. The van der Waals surface area contributed by atoms with Crippen LogP contribution in [-0.2, 0) is 11.3 Å². The van der Waals surface area contributed by atoms with E-state index in [1.807, 2.05) is 24.3 Å². The number of alkyl halides is 1. The van der Waals surface area contributed by atoms with Gasteiger partial charge in [0.15, 0.2) is 0 Å². The molecular formula is C15H21ClN2O2. The summed E-state index contributed by atoms with van der Waals surface area (Å²) in [6, 6.07) is 7.86. The number of rotatable bonds is 5. The number of hydrogen-bond donors (Lipinski definition) is 1. The van der Waals surface area contributed by atoms with E-state index in [1.54, 1.807) is 0 Å². The second kappa shape index (κ2) is 7.50. The fraction of sp³-hybridized carbons (Fsp3) is 0.533. The van der Waals surface area contributed by atoms with Gasteiger partial charge in [-0.25, -0.2) is 0 Å². The summed E-state index contributed by atoms with van der Waals surface area (Å²) in [5.41, 5.74) is 1.04. The molecule has 1 aliphatic heterocycles. The van der Waals surface area contributed by atoms with Gasteiger partial charge in [-0.1, -0.05) is 12.1 Å². The molecule has 0 spiro atoms. The second-order valence-electron chi connectivity index (χ2n) is 5.17. The maximum atomic E-state index is 11.1. The smallest absolute Gasteiger partial charge is 0.235 e. The van der Waals surface area contributed by atoms with E-state index < -0.39 is 0 Å². The van der Waals surface area contributed by atoms with Crippen LogP contribution in [0.2, 0.25) is 0 Å². The number of nitrogens with zero attached hydrogens (tertiary/aromatic N) is 1. The zero-order chi connectivity index (χ0) is 14.4. The summed E-state index contributed by atoms with van der Waals surface area (Å²) in [7, 11) is 2.14. The predicted molar refractivity (Wildman–Crippen MR) is 80.2 cm³/mol. The zero-order valence-electron chi connectivity index (χ0n) is 11.8. The van der Waals surface area contributed by atoms with Crippen LogP contribution in [0.15, 0.2) is 24.3 Å². The maximum absolute atomic E-state index is 11.1. The molecule has 0 radical (unpaired) electrons. The number of piperidine rings is 1. The summed E-state index contributed by atoms with van der Waals surface area (Å²) in [4.78, 5) is 13.4. The maximum Gasteiger partial charge on any atom is 0.235 e. The third-order valence-electron chi connectivity index (χ3n) is 3.50. The van der Waals surface area contributed by atoms with Crippen molar-refractivity contribution in [2.75, 3.05) is 26.0 Å². The molecule has 0 atom stereocenters. The number of benzene rings is 1. The number of nitrogens with one attached hydrogen (secondary N) is 1. The molecule has 4 nitrogen and oxygen atoms in total. The molecule has 0 unspecified atom stereocenters. The molecule has 0 bridgehead atoms. The molecule has 0 aliphatic carbocycles. The molecule has 1 N–H and O–H groups in total. The van der Waals surface area contributed by atoms with Gasteiger partial charge in [-0.2, -0.15) is 0 Å². The summed E-state index contributed by atoms with van der Waals surface area (Å²) in [6.07, 6.45) is 2.46. The van der Waals surface area contributed by atoms with E-state index in [0.29, 0.717) is 12.6 Å². The molecule has 1 fully saturated rings. The first-order chi connectivity index (χ1) is 9.67. The molecule has 1 aliphatic rings. The van der Waals surface area contributed by atoms with Crippen LogP contribution in [-0.4, -0.2) is 42.9 Å². The van der Waals surface area contributed by atoms with Gasteiger partial charge >= 0.3 is 0 Å². The van der Waals surface area contributed by atoms with Crippen LogP contribution in [0.5, 0.6) is 5.75 Å². The van der Waals surface area contributed by atoms with Crippen molar-refractivity contribution in [2.45, 2.75) is 25.5 Å². The SMILES string of the molecule is CN1CCC(Oc2ccc(CNC(=O)CCl)cc2)CC1. The van der Waals surface area contributed by atoms with Gasteiger partial charge in [0.25, 0.3) is 0 Å². The minimum atomic E-state index is -0.154. The van der Waals surface area contributed by atoms with Crippen molar-refractivity contribution in [3.63, 3.8) is 0 Å². The van der Waals surface area contributed by atoms with Crippen molar-refractivity contribution in [1.82, 2.24) is 10.2 Å². The largest absolute Gasteiger partial charge is 0.490 e. The highest BCUT2D eigenvalue weighted by molar-refractivity contribution is 6.27. The molecule has 2 rings (SSSR count). The minimum absolute atomic E-state index is 0.00266. The summed E-state index contributed by atoms with van der Waals surface area (Å²) < 4.78 is 5.97. The average Bonchev–Trinajstić information content (AvgIpc) is 2.48. The van der Waals surface area contributed by atoms with Crippen molar-refractivity contribution in [3.05, 3.63) is 29.8 Å². The Balaban J connectivity index is 1.80. The normalized spacial score (nSPS) is 16.9. The lowest BCUT2D eigenvalue weighted by atomic mass is 10.1. The van der Waals surface area contributed by atoms with Crippen LogP contribution in [0.4, 0.5) is 0 Å². The van der Waals surface area contributed by atoms with Crippen LogP contribution in [0, 0.1) is 0 Å². The molecule has 1 heterocycles. The first-order valence-electron chi connectivity index (χ1n) is 6.94. The molecule has 1 saturated heterocycles. The summed E-state index contributed by atoms with van der Waals surface area (Å²) in [6.45, 7) is 2.68. The zero-order valence-corrected chi connectivity index (χ0v) is 12.5. The van der Waals surface area contributed by atoms with Crippen LogP contribution < -0.4 is 10.1 Å². The van der Waals surface area contributed by atoms with Crippen molar-refractivity contribution < 1.29 is 9.53 Å². The van der Waals surface area contributed by atoms with E-state index in [0.717, 1.165) is 37.2 Å². The average molecular weight is 297 g/mol. The molecule has 1 amide bonds.